The minimum Gasteiger partial charge on any atom is -0.321 e. The molecule has 1 amide bonds. The van der Waals surface area contributed by atoms with Crippen molar-refractivity contribution in [1.29, 1.82) is 0 Å². The summed E-state index contributed by atoms with van der Waals surface area (Å²) in [5.74, 6) is -0.536. The van der Waals surface area contributed by atoms with Crippen molar-refractivity contribution in [2.24, 2.45) is 0 Å². The molecular weight excluding hydrogens is 362 g/mol. The fourth-order valence-electron chi connectivity index (χ4n) is 3.25. The number of nitrogens with zero attached hydrogens (tertiary/aromatic N) is 2. The maximum Gasteiger partial charge on any atom is 0.276 e. The lowest BCUT2D eigenvalue weighted by molar-refractivity contribution is 0.100. The van der Waals surface area contributed by atoms with E-state index in [1.165, 1.54) is 6.92 Å². The number of rotatable bonds is 5. The molecule has 0 saturated heterocycles. The van der Waals surface area contributed by atoms with Gasteiger partial charge in [-0.25, -0.2) is 4.68 Å². The van der Waals surface area contributed by atoms with Gasteiger partial charge < -0.3 is 5.32 Å². The van der Waals surface area contributed by atoms with Crippen molar-refractivity contribution in [2.45, 2.75) is 6.92 Å². The summed E-state index contributed by atoms with van der Waals surface area (Å²) in [6.07, 6.45) is 0. The molecule has 0 saturated carbocycles. The van der Waals surface area contributed by atoms with E-state index in [1.54, 1.807) is 16.8 Å². The van der Waals surface area contributed by atoms with Crippen molar-refractivity contribution in [1.82, 2.24) is 9.78 Å². The quantitative estimate of drug-likeness (QED) is 0.495. The fourth-order valence-corrected chi connectivity index (χ4v) is 3.25. The Morgan fingerprint density at radius 1 is 0.793 bits per heavy atom. The van der Waals surface area contributed by atoms with Crippen molar-refractivity contribution in [3.05, 3.63) is 102 Å². The van der Waals surface area contributed by atoms with E-state index in [0.717, 1.165) is 5.56 Å². The first kappa shape index (κ1) is 18.4. The van der Waals surface area contributed by atoms with Gasteiger partial charge in [0.15, 0.2) is 11.5 Å². The van der Waals surface area contributed by atoms with Crippen LogP contribution in [-0.4, -0.2) is 21.5 Å². The second kappa shape index (κ2) is 7.94. The molecule has 0 atom stereocenters. The highest BCUT2D eigenvalue weighted by atomic mass is 16.2. The van der Waals surface area contributed by atoms with Crippen LogP contribution < -0.4 is 5.32 Å². The van der Waals surface area contributed by atoms with Gasteiger partial charge in [0, 0.05) is 18.2 Å². The second-order valence-corrected chi connectivity index (χ2v) is 6.56. The number of carbonyl (C=O) groups is 2. The minimum absolute atomic E-state index is 0.168. The number of ketones is 1. The molecule has 0 aliphatic heterocycles. The minimum atomic E-state index is -0.368. The molecule has 1 N–H and O–H groups in total. The van der Waals surface area contributed by atoms with Crippen LogP contribution >= 0.6 is 0 Å². The first-order valence-corrected chi connectivity index (χ1v) is 9.26. The average molecular weight is 381 g/mol. The van der Waals surface area contributed by atoms with Crippen LogP contribution in [0.25, 0.3) is 16.8 Å². The van der Waals surface area contributed by atoms with Crippen LogP contribution in [0.3, 0.4) is 0 Å². The van der Waals surface area contributed by atoms with Gasteiger partial charge in [0.1, 0.15) is 5.69 Å². The third-order valence-electron chi connectivity index (χ3n) is 4.53. The van der Waals surface area contributed by atoms with Crippen LogP contribution in [0, 0.1) is 0 Å². The molecule has 0 bridgehead atoms. The number of hydrogen-bond acceptors (Lipinski definition) is 3. The Kier molecular flexibility index (Phi) is 5.03. The van der Waals surface area contributed by atoms with Gasteiger partial charge in [-0.15, -0.1) is 0 Å². The summed E-state index contributed by atoms with van der Waals surface area (Å²) in [5.41, 5.74) is 3.24. The van der Waals surface area contributed by atoms with Gasteiger partial charge in [-0.3, -0.25) is 9.59 Å². The number of aromatic nitrogens is 2. The van der Waals surface area contributed by atoms with E-state index < -0.39 is 0 Å². The molecule has 5 heteroatoms. The van der Waals surface area contributed by atoms with Crippen LogP contribution in [0.4, 0.5) is 5.69 Å². The zero-order valence-electron chi connectivity index (χ0n) is 15.9. The molecule has 0 fully saturated rings. The number of hydrogen-bond donors (Lipinski definition) is 1. The second-order valence-electron chi connectivity index (χ2n) is 6.56. The monoisotopic (exact) mass is 381 g/mol. The number of carbonyl (C=O) groups excluding carboxylic acids is 2. The predicted molar refractivity (Wildman–Crippen MR) is 113 cm³/mol. The molecule has 0 aliphatic rings. The molecule has 3 aromatic carbocycles. The maximum absolute atomic E-state index is 13.1. The molecule has 0 radical (unpaired) electrons. The smallest absolute Gasteiger partial charge is 0.276 e. The molecule has 0 aliphatic carbocycles. The standard InChI is InChI=1S/C24H19N3O2/c1-17(28)23-21(18-11-5-2-6-12-18)22(24(29)25-19-13-7-3-8-14-19)26-27(23)20-15-9-4-10-16-20/h2-16H,1H3,(H,25,29). The molecule has 5 nitrogen and oxygen atoms in total. The van der Waals surface area contributed by atoms with Gasteiger partial charge in [-0.05, 0) is 29.8 Å². The fraction of sp³-hybridized carbons (Fsp3) is 0.0417. The van der Waals surface area contributed by atoms with Crippen molar-refractivity contribution >= 4 is 17.4 Å². The normalized spacial score (nSPS) is 10.5. The molecule has 0 unspecified atom stereocenters. The summed E-state index contributed by atoms with van der Waals surface area (Å²) >= 11 is 0. The van der Waals surface area contributed by atoms with Crippen molar-refractivity contribution < 1.29 is 9.59 Å². The Morgan fingerprint density at radius 2 is 1.34 bits per heavy atom. The molecule has 4 aromatic rings. The van der Waals surface area contributed by atoms with E-state index in [-0.39, 0.29) is 17.4 Å². The van der Waals surface area contributed by atoms with Crippen molar-refractivity contribution in [3.63, 3.8) is 0 Å². The number of nitrogens with one attached hydrogen (secondary N) is 1. The summed E-state index contributed by atoms with van der Waals surface area (Å²) in [6.45, 7) is 1.49. The van der Waals surface area contributed by atoms with Crippen molar-refractivity contribution in [3.8, 4) is 16.8 Å². The highest BCUT2D eigenvalue weighted by molar-refractivity contribution is 6.12. The Labute approximate surface area is 168 Å². The van der Waals surface area contributed by atoms with Gasteiger partial charge in [0.2, 0.25) is 0 Å². The SMILES string of the molecule is CC(=O)c1c(-c2ccccc2)c(C(=O)Nc2ccccc2)nn1-c1ccccc1. The van der Waals surface area contributed by atoms with Crippen molar-refractivity contribution in [2.75, 3.05) is 5.32 Å². The number of Topliss-reactive ketones (excluding diaryl/α,β-unsaturated/α-hetero) is 1. The van der Waals surface area contributed by atoms with Gasteiger partial charge in [-0.2, -0.15) is 5.10 Å². The van der Waals surface area contributed by atoms with Crippen LogP contribution in [-0.2, 0) is 0 Å². The number of anilines is 1. The number of benzene rings is 3. The summed E-state index contributed by atoms with van der Waals surface area (Å²) in [4.78, 5) is 25.8. The van der Waals surface area contributed by atoms with Crippen LogP contribution in [0.1, 0.15) is 27.9 Å². The van der Waals surface area contributed by atoms with Gasteiger partial charge in [-0.1, -0.05) is 66.7 Å². The van der Waals surface area contributed by atoms with E-state index in [2.05, 4.69) is 10.4 Å². The molecule has 29 heavy (non-hydrogen) atoms. The average Bonchev–Trinajstić information content (AvgIpc) is 3.17. The summed E-state index contributed by atoms with van der Waals surface area (Å²) < 4.78 is 1.55. The van der Waals surface area contributed by atoms with E-state index in [4.69, 9.17) is 0 Å². The van der Waals surface area contributed by atoms with E-state index >= 15 is 0 Å². The number of amides is 1. The predicted octanol–water partition coefficient (Wildman–Crippen LogP) is 4.99. The topological polar surface area (TPSA) is 64.0 Å². The largest absolute Gasteiger partial charge is 0.321 e. The molecule has 1 aromatic heterocycles. The third-order valence-corrected chi connectivity index (χ3v) is 4.53. The lowest BCUT2D eigenvalue weighted by Gasteiger charge is -2.07. The van der Waals surface area contributed by atoms with E-state index in [0.29, 0.717) is 22.6 Å². The van der Waals surface area contributed by atoms with Gasteiger partial charge in [0.25, 0.3) is 5.91 Å². The van der Waals surface area contributed by atoms with E-state index in [1.807, 2.05) is 78.9 Å². The first-order chi connectivity index (χ1) is 14.1. The number of para-hydroxylation sites is 2. The summed E-state index contributed by atoms with van der Waals surface area (Å²) in [7, 11) is 0. The molecule has 142 valence electrons. The highest BCUT2D eigenvalue weighted by Gasteiger charge is 2.27. The first-order valence-electron chi connectivity index (χ1n) is 9.26. The Morgan fingerprint density at radius 3 is 1.93 bits per heavy atom. The van der Waals surface area contributed by atoms with Gasteiger partial charge >= 0.3 is 0 Å². The van der Waals surface area contributed by atoms with Crippen LogP contribution in [0.5, 0.6) is 0 Å². The van der Waals surface area contributed by atoms with Crippen LogP contribution in [0.15, 0.2) is 91.0 Å². The Bertz CT molecular complexity index is 1150. The van der Waals surface area contributed by atoms with E-state index in [9.17, 15) is 9.59 Å². The summed E-state index contributed by atoms with van der Waals surface area (Å²) in [5, 5.41) is 7.43. The van der Waals surface area contributed by atoms with Crippen LogP contribution in [0.2, 0.25) is 0 Å². The Balaban J connectivity index is 1.92. The zero-order chi connectivity index (χ0) is 20.2. The molecular formula is C24H19N3O2. The zero-order valence-corrected chi connectivity index (χ0v) is 15.9. The lowest BCUT2D eigenvalue weighted by atomic mass is 10.0. The summed E-state index contributed by atoms with van der Waals surface area (Å²) in [6, 6.07) is 27.9. The van der Waals surface area contributed by atoms with Gasteiger partial charge in [0.05, 0.1) is 5.69 Å². The molecule has 0 spiro atoms. The molecule has 1 heterocycles. The Hall–Kier alpha value is -3.99. The molecule has 4 rings (SSSR count). The highest BCUT2D eigenvalue weighted by Crippen LogP contribution is 2.30. The third kappa shape index (κ3) is 3.71. The maximum atomic E-state index is 13.1. The lowest BCUT2D eigenvalue weighted by Crippen LogP contribution is -2.14.